The Kier molecular flexibility index (Phi) is 7.25. The van der Waals surface area contributed by atoms with E-state index in [2.05, 4.69) is 44.8 Å². The summed E-state index contributed by atoms with van der Waals surface area (Å²) < 4.78 is 0. The summed E-state index contributed by atoms with van der Waals surface area (Å²) in [5, 5.41) is 3.73. The van der Waals surface area contributed by atoms with Crippen molar-refractivity contribution in [3.63, 3.8) is 0 Å². The van der Waals surface area contributed by atoms with Crippen molar-refractivity contribution in [2.75, 3.05) is 19.6 Å². The van der Waals surface area contributed by atoms with E-state index in [1.165, 1.54) is 38.8 Å². The summed E-state index contributed by atoms with van der Waals surface area (Å²) in [6, 6.07) is 1.48. The van der Waals surface area contributed by atoms with Crippen molar-refractivity contribution in [1.29, 1.82) is 0 Å². The molecule has 0 heterocycles. The van der Waals surface area contributed by atoms with Crippen molar-refractivity contribution in [3.8, 4) is 0 Å². The Morgan fingerprint density at radius 3 is 2.39 bits per heavy atom. The molecule has 0 aromatic heterocycles. The molecule has 3 unspecified atom stereocenters. The van der Waals surface area contributed by atoms with Crippen LogP contribution in [0.1, 0.15) is 60.3 Å². The minimum atomic E-state index is 0.719. The number of hydrogen-bond acceptors (Lipinski definition) is 2. The van der Waals surface area contributed by atoms with E-state index < -0.39 is 0 Å². The molecule has 0 aromatic rings. The summed E-state index contributed by atoms with van der Waals surface area (Å²) in [6.07, 6.45) is 5.54. The molecule has 0 spiro atoms. The van der Waals surface area contributed by atoms with E-state index in [1.807, 2.05) is 0 Å². The lowest BCUT2D eigenvalue weighted by molar-refractivity contribution is 0.0904. The Morgan fingerprint density at radius 2 is 1.89 bits per heavy atom. The van der Waals surface area contributed by atoms with Crippen LogP contribution in [0.3, 0.4) is 0 Å². The summed E-state index contributed by atoms with van der Waals surface area (Å²) in [5.41, 5.74) is 0. The number of nitrogens with one attached hydrogen (secondary N) is 1. The monoisotopic (exact) mass is 254 g/mol. The van der Waals surface area contributed by atoms with Gasteiger partial charge in [0.15, 0.2) is 0 Å². The molecule has 0 saturated heterocycles. The molecule has 2 nitrogen and oxygen atoms in total. The average molecular weight is 254 g/mol. The zero-order chi connectivity index (χ0) is 13.5. The van der Waals surface area contributed by atoms with Gasteiger partial charge in [0.25, 0.3) is 0 Å². The van der Waals surface area contributed by atoms with E-state index in [4.69, 9.17) is 0 Å². The number of nitrogens with zero attached hydrogens (tertiary/aromatic N) is 1. The van der Waals surface area contributed by atoms with E-state index in [-0.39, 0.29) is 0 Å². The number of rotatable bonds is 7. The Bertz CT molecular complexity index is 215. The topological polar surface area (TPSA) is 15.3 Å². The van der Waals surface area contributed by atoms with Crippen LogP contribution < -0.4 is 5.32 Å². The largest absolute Gasteiger partial charge is 0.313 e. The summed E-state index contributed by atoms with van der Waals surface area (Å²) in [7, 11) is 0. The SMILES string of the molecule is CCNC1CCC(CC)CC1N(CC)CC(C)C. The third kappa shape index (κ3) is 4.55. The Morgan fingerprint density at radius 1 is 1.17 bits per heavy atom. The Hall–Kier alpha value is -0.0800. The van der Waals surface area contributed by atoms with E-state index in [9.17, 15) is 0 Å². The van der Waals surface area contributed by atoms with Crippen LogP contribution in [0.25, 0.3) is 0 Å². The van der Waals surface area contributed by atoms with Crippen LogP contribution in [0.2, 0.25) is 0 Å². The van der Waals surface area contributed by atoms with Gasteiger partial charge in [-0.2, -0.15) is 0 Å². The molecule has 18 heavy (non-hydrogen) atoms. The van der Waals surface area contributed by atoms with Gasteiger partial charge < -0.3 is 5.32 Å². The standard InChI is InChI=1S/C16H34N2/c1-6-14-9-10-15(17-7-2)16(11-14)18(8-3)12-13(4)5/h13-17H,6-12H2,1-5H3. The maximum atomic E-state index is 3.73. The second-order valence-corrected chi connectivity index (χ2v) is 6.30. The molecular weight excluding hydrogens is 220 g/mol. The number of hydrogen-bond donors (Lipinski definition) is 1. The fraction of sp³-hybridized carbons (Fsp3) is 1.00. The predicted molar refractivity (Wildman–Crippen MR) is 81.0 cm³/mol. The first-order valence-electron chi connectivity index (χ1n) is 8.09. The van der Waals surface area contributed by atoms with E-state index in [1.54, 1.807) is 0 Å². The van der Waals surface area contributed by atoms with Crippen LogP contribution in [-0.4, -0.2) is 36.6 Å². The third-order valence-electron chi connectivity index (χ3n) is 4.44. The maximum Gasteiger partial charge on any atom is 0.0251 e. The molecule has 1 aliphatic rings. The predicted octanol–water partition coefficient (Wildman–Crippen LogP) is 3.52. The second kappa shape index (κ2) is 8.16. The first kappa shape index (κ1) is 16.0. The van der Waals surface area contributed by atoms with E-state index in [0.717, 1.165) is 30.5 Å². The quantitative estimate of drug-likeness (QED) is 0.748. The maximum absolute atomic E-state index is 3.73. The van der Waals surface area contributed by atoms with Gasteiger partial charge in [-0.15, -0.1) is 0 Å². The van der Waals surface area contributed by atoms with Gasteiger partial charge in [0.2, 0.25) is 0 Å². The lowest BCUT2D eigenvalue weighted by Gasteiger charge is -2.43. The fourth-order valence-electron chi connectivity index (χ4n) is 3.47. The minimum absolute atomic E-state index is 0.719. The zero-order valence-electron chi connectivity index (χ0n) is 13.2. The summed E-state index contributed by atoms with van der Waals surface area (Å²) in [4.78, 5) is 2.72. The highest BCUT2D eigenvalue weighted by molar-refractivity contribution is 4.90. The summed E-state index contributed by atoms with van der Waals surface area (Å²) >= 11 is 0. The molecule has 108 valence electrons. The highest BCUT2D eigenvalue weighted by Crippen LogP contribution is 2.30. The van der Waals surface area contributed by atoms with Gasteiger partial charge in [-0.05, 0) is 44.2 Å². The van der Waals surface area contributed by atoms with Gasteiger partial charge in [-0.25, -0.2) is 0 Å². The van der Waals surface area contributed by atoms with Crippen LogP contribution in [-0.2, 0) is 0 Å². The molecule has 2 heteroatoms. The molecule has 3 atom stereocenters. The molecule has 0 radical (unpaired) electrons. The van der Waals surface area contributed by atoms with Gasteiger partial charge in [0, 0.05) is 18.6 Å². The Labute approximate surface area is 115 Å². The van der Waals surface area contributed by atoms with Gasteiger partial charge >= 0.3 is 0 Å². The van der Waals surface area contributed by atoms with E-state index in [0.29, 0.717) is 0 Å². The normalized spacial score (nSPS) is 29.2. The van der Waals surface area contributed by atoms with Crippen molar-refractivity contribution in [3.05, 3.63) is 0 Å². The van der Waals surface area contributed by atoms with Gasteiger partial charge in [-0.3, -0.25) is 4.90 Å². The zero-order valence-corrected chi connectivity index (χ0v) is 13.2. The number of likely N-dealkylation sites (N-methyl/N-ethyl adjacent to an activating group) is 2. The molecule has 1 N–H and O–H groups in total. The van der Waals surface area contributed by atoms with Gasteiger partial charge in [-0.1, -0.05) is 41.0 Å². The minimum Gasteiger partial charge on any atom is -0.313 e. The van der Waals surface area contributed by atoms with Crippen molar-refractivity contribution < 1.29 is 0 Å². The van der Waals surface area contributed by atoms with Gasteiger partial charge in [0.05, 0.1) is 0 Å². The van der Waals surface area contributed by atoms with Gasteiger partial charge in [0.1, 0.15) is 0 Å². The highest BCUT2D eigenvalue weighted by atomic mass is 15.2. The molecule has 0 amide bonds. The second-order valence-electron chi connectivity index (χ2n) is 6.30. The van der Waals surface area contributed by atoms with Crippen LogP contribution in [0, 0.1) is 11.8 Å². The van der Waals surface area contributed by atoms with Crippen LogP contribution in [0.15, 0.2) is 0 Å². The Balaban J connectivity index is 2.68. The summed E-state index contributed by atoms with van der Waals surface area (Å²) in [6.45, 7) is 15.1. The molecule has 0 bridgehead atoms. The smallest absolute Gasteiger partial charge is 0.0251 e. The summed E-state index contributed by atoms with van der Waals surface area (Å²) in [5.74, 6) is 1.72. The molecule has 1 aliphatic carbocycles. The molecular formula is C16H34N2. The lowest BCUT2D eigenvalue weighted by atomic mass is 9.80. The first-order valence-corrected chi connectivity index (χ1v) is 8.09. The lowest BCUT2D eigenvalue weighted by Crippen LogP contribution is -2.54. The molecule has 0 aromatic carbocycles. The van der Waals surface area contributed by atoms with Crippen molar-refractivity contribution in [2.24, 2.45) is 11.8 Å². The van der Waals surface area contributed by atoms with Crippen molar-refractivity contribution in [2.45, 2.75) is 72.4 Å². The van der Waals surface area contributed by atoms with Crippen molar-refractivity contribution >= 4 is 0 Å². The molecule has 1 saturated carbocycles. The van der Waals surface area contributed by atoms with Crippen LogP contribution in [0.4, 0.5) is 0 Å². The third-order valence-corrected chi connectivity index (χ3v) is 4.44. The average Bonchev–Trinajstić information content (AvgIpc) is 2.36. The first-order chi connectivity index (χ1) is 8.62. The molecule has 0 aliphatic heterocycles. The molecule has 1 rings (SSSR count). The molecule has 1 fully saturated rings. The van der Waals surface area contributed by atoms with Crippen LogP contribution >= 0.6 is 0 Å². The van der Waals surface area contributed by atoms with Crippen LogP contribution in [0.5, 0.6) is 0 Å². The highest BCUT2D eigenvalue weighted by Gasteiger charge is 2.32. The van der Waals surface area contributed by atoms with Crippen molar-refractivity contribution in [1.82, 2.24) is 10.2 Å². The van der Waals surface area contributed by atoms with E-state index >= 15 is 0 Å². The fourth-order valence-corrected chi connectivity index (χ4v) is 3.47.